The van der Waals surface area contributed by atoms with Crippen molar-refractivity contribution in [2.45, 2.75) is 25.8 Å². The fraction of sp³-hybridized carbons (Fsp3) is 0.471. The van der Waals surface area contributed by atoms with Crippen LogP contribution in [0.15, 0.2) is 24.3 Å². The number of piperazine rings is 1. The number of hydrogen-bond acceptors (Lipinski definition) is 3. The summed E-state index contributed by atoms with van der Waals surface area (Å²) in [7, 11) is 0. The summed E-state index contributed by atoms with van der Waals surface area (Å²) in [5.74, 6) is -0.0907. The normalized spacial score (nSPS) is 17.8. The van der Waals surface area contributed by atoms with E-state index < -0.39 is 0 Å². The average molecular weight is 315 g/mol. The van der Waals surface area contributed by atoms with Gasteiger partial charge < -0.3 is 15.1 Å². The van der Waals surface area contributed by atoms with Crippen LogP contribution in [0.4, 0.5) is 0 Å². The number of nitrogens with zero attached hydrogens (tertiary/aromatic N) is 2. The summed E-state index contributed by atoms with van der Waals surface area (Å²) in [5.41, 5.74) is 1.15. The van der Waals surface area contributed by atoms with Crippen molar-refractivity contribution in [3.05, 3.63) is 35.4 Å². The van der Waals surface area contributed by atoms with Crippen LogP contribution in [0.5, 0.6) is 0 Å². The molecule has 1 aromatic carbocycles. The number of benzene rings is 1. The van der Waals surface area contributed by atoms with Crippen molar-refractivity contribution in [1.29, 1.82) is 0 Å². The average Bonchev–Trinajstić information content (AvgIpc) is 3.38. The molecule has 1 saturated heterocycles. The predicted molar refractivity (Wildman–Crippen MR) is 85.1 cm³/mol. The fourth-order valence-electron chi connectivity index (χ4n) is 2.67. The summed E-state index contributed by atoms with van der Waals surface area (Å²) in [6.45, 7) is 3.78. The highest BCUT2D eigenvalue weighted by Gasteiger charge is 2.25. The Morgan fingerprint density at radius 2 is 1.43 bits per heavy atom. The first-order valence-electron chi connectivity index (χ1n) is 8.00. The van der Waals surface area contributed by atoms with Crippen molar-refractivity contribution in [3.8, 4) is 0 Å². The van der Waals surface area contributed by atoms with E-state index in [1.165, 1.54) is 0 Å². The smallest absolute Gasteiger partial charge is 0.253 e. The Balaban J connectivity index is 1.59. The van der Waals surface area contributed by atoms with Crippen molar-refractivity contribution < 1.29 is 14.4 Å². The molecule has 2 fully saturated rings. The molecule has 0 atom stereocenters. The molecule has 0 aromatic heterocycles. The summed E-state index contributed by atoms with van der Waals surface area (Å²) in [5, 5.41) is 2.93. The Labute approximate surface area is 135 Å². The molecule has 1 saturated carbocycles. The lowest BCUT2D eigenvalue weighted by Gasteiger charge is -2.34. The Kier molecular flexibility index (Phi) is 4.32. The second-order valence-electron chi connectivity index (χ2n) is 6.12. The second kappa shape index (κ2) is 6.40. The number of carbonyl (C=O) groups excluding carboxylic acids is 3. The van der Waals surface area contributed by atoms with Crippen LogP contribution in [0.3, 0.4) is 0 Å². The maximum Gasteiger partial charge on any atom is 0.253 e. The molecule has 3 amide bonds. The molecule has 2 aliphatic rings. The fourth-order valence-corrected chi connectivity index (χ4v) is 2.67. The summed E-state index contributed by atoms with van der Waals surface area (Å²) in [6.07, 6.45) is 2.10. The van der Waals surface area contributed by atoms with Crippen molar-refractivity contribution in [2.24, 2.45) is 0 Å². The van der Waals surface area contributed by atoms with E-state index in [9.17, 15) is 14.4 Å². The van der Waals surface area contributed by atoms with Crippen LogP contribution in [0.2, 0.25) is 0 Å². The molecular formula is C17H21N3O3. The molecule has 3 rings (SSSR count). The first-order chi connectivity index (χ1) is 11.0. The number of hydrogen-bond donors (Lipinski definition) is 1. The van der Waals surface area contributed by atoms with E-state index in [1.54, 1.807) is 41.0 Å². The monoisotopic (exact) mass is 315 g/mol. The van der Waals surface area contributed by atoms with E-state index in [2.05, 4.69) is 5.32 Å². The third kappa shape index (κ3) is 3.70. The summed E-state index contributed by atoms with van der Waals surface area (Å²) < 4.78 is 0. The molecule has 1 aliphatic carbocycles. The second-order valence-corrected chi connectivity index (χ2v) is 6.12. The zero-order valence-corrected chi connectivity index (χ0v) is 13.2. The van der Waals surface area contributed by atoms with Gasteiger partial charge in [0.05, 0.1) is 0 Å². The van der Waals surface area contributed by atoms with E-state index in [-0.39, 0.29) is 17.7 Å². The zero-order valence-electron chi connectivity index (χ0n) is 13.2. The van der Waals surface area contributed by atoms with Gasteiger partial charge in [-0.05, 0) is 37.1 Å². The van der Waals surface area contributed by atoms with E-state index in [0.29, 0.717) is 43.3 Å². The van der Waals surface area contributed by atoms with Gasteiger partial charge in [-0.15, -0.1) is 0 Å². The molecule has 0 spiro atoms. The van der Waals surface area contributed by atoms with E-state index in [4.69, 9.17) is 0 Å². The molecule has 1 aliphatic heterocycles. The van der Waals surface area contributed by atoms with Crippen LogP contribution in [0, 0.1) is 0 Å². The van der Waals surface area contributed by atoms with E-state index in [0.717, 1.165) is 12.8 Å². The number of rotatable bonds is 3. The van der Waals surface area contributed by atoms with Crippen LogP contribution < -0.4 is 5.32 Å². The number of amides is 3. The topological polar surface area (TPSA) is 69.7 Å². The van der Waals surface area contributed by atoms with Gasteiger partial charge in [-0.25, -0.2) is 0 Å². The molecule has 1 N–H and O–H groups in total. The Morgan fingerprint density at radius 3 is 1.96 bits per heavy atom. The van der Waals surface area contributed by atoms with Crippen LogP contribution in [0.25, 0.3) is 0 Å². The van der Waals surface area contributed by atoms with Crippen LogP contribution >= 0.6 is 0 Å². The van der Waals surface area contributed by atoms with Gasteiger partial charge in [0.2, 0.25) is 5.91 Å². The lowest BCUT2D eigenvalue weighted by atomic mass is 10.1. The van der Waals surface area contributed by atoms with E-state index in [1.807, 2.05) is 0 Å². The van der Waals surface area contributed by atoms with Gasteiger partial charge in [0, 0.05) is 50.3 Å². The molecule has 23 heavy (non-hydrogen) atoms. The Bertz CT molecular complexity index is 614. The van der Waals surface area contributed by atoms with Crippen LogP contribution in [-0.2, 0) is 4.79 Å². The highest BCUT2D eigenvalue weighted by molar-refractivity contribution is 5.98. The minimum Gasteiger partial charge on any atom is -0.349 e. The van der Waals surface area contributed by atoms with Gasteiger partial charge in [0.25, 0.3) is 11.8 Å². The molecular weight excluding hydrogens is 294 g/mol. The van der Waals surface area contributed by atoms with Gasteiger partial charge >= 0.3 is 0 Å². The molecule has 1 aromatic rings. The van der Waals surface area contributed by atoms with Gasteiger partial charge in [0.15, 0.2) is 0 Å². The Hall–Kier alpha value is -2.37. The predicted octanol–water partition coefficient (Wildman–Crippen LogP) is 0.883. The van der Waals surface area contributed by atoms with Crippen molar-refractivity contribution in [2.75, 3.05) is 26.2 Å². The van der Waals surface area contributed by atoms with Crippen molar-refractivity contribution in [3.63, 3.8) is 0 Å². The van der Waals surface area contributed by atoms with Gasteiger partial charge in [-0.3, -0.25) is 14.4 Å². The van der Waals surface area contributed by atoms with E-state index >= 15 is 0 Å². The lowest BCUT2D eigenvalue weighted by molar-refractivity contribution is -0.130. The molecule has 6 nitrogen and oxygen atoms in total. The SMILES string of the molecule is CC(=O)N1CCN(C(=O)c2ccc(C(=O)NC3CC3)cc2)CC1. The first kappa shape index (κ1) is 15.5. The molecule has 122 valence electrons. The highest BCUT2D eigenvalue weighted by atomic mass is 16.2. The quantitative estimate of drug-likeness (QED) is 0.900. The standard InChI is InChI=1S/C17H21N3O3/c1-12(21)19-8-10-20(11-9-19)17(23)14-4-2-13(3-5-14)16(22)18-15-6-7-15/h2-5,15H,6-11H2,1H3,(H,18,22). The third-order valence-electron chi connectivity index (χ3n) is 4.32. The summed E-state index contributed by atoms with van der Waals surface area (Å²) in [6, 6.07) is 7.10. The largest absolute Gasteiger partial charge is 0.349 e. The highest BCUT2D eigenvalue weighted by Crippen LogP contribution is 2.19. The van der Waals surface area contributed by atoms with Crippen LogP contribution in [0.1, 0.15) is 40.5 Å². The number of nitrogens with one attached hydrogen (secondary N) is 1. The number of carbonyl (C=O) groups is 3. The molecule has 6 heteroatoms. The van der Waals surface area contributed by atoms with Crippen molar-refractivity contribution >= 4 is 17.7 Å². The third-order valence-corrected chi connectivity index (χ3v) is 4.32. The molecule has 1 heterocycles. The maximum atomic E-state index is 12.5. The molecule has 0 bridgehead atoms. The molecule has 0 unspecified atom stereocenters. The van der Waals surface area contributed by atoms with Crippen LogP contribution in [-0.4, -0.2) is 59.7 Å². The lowest BCUT2D eigenvalue weighted by Crippen LogP contribution is -2.50. The van der Waals surface area contributed by atoms with Gasteiger partial charge in [-0.2, -0.15) is 0 Å². The summed E-state index contributed by atoms with van der Waals surface area (Å²) in [4.78, 5) is 39.2. The van der Waals surface area contributed by atoms with Gasteiger partial charge in [0.1, 0.15) is 0 Å². The summed E-state index contributed by atoms with van der Waals surface area (Å²) >= 11 is 0. The van der Waals surface area contributed by atoms with Gasteiger partial charge in [-0.1, -0.05) is 0 Å². The maximum absolute atomic E-state index is 12.5. The zero-order chi connectivity index (χ0) is 16.4. The molecule has 0 radical (unpaired) electrons. The Morgan fingerprint density at radius 1 is 0.913 bits per heavy atom. The minimum absolute atomic E-state index is 0.0446. The first-order valence-corrected chi connectivity index (χ1v) is 8.00. The van der Waals surface area contributed by atoms with Crippen molar-refractivity contribution in [1.82, 2.24) is 15.1 Å². The minimum atomic E-state index is -0.0819.